The number of anilines is 1. The predicted octanol–water partition coefficient (Wildman–Crippen LogP) is 1.67. The minimum Gasteiger partial charge on any atom is -0.356 e. The molecule has 0 spiro atoms. The summed E-state index contributed by atoms with van der Waals surface area (Å²) in [5, 5.41) is 5.44. The van der Waals surface area contributed by atoms with Gasteiger partial charge in [0.25, 0.3) is 0 Å². The maximum absolute atomic E-state index is 11.7. The van der Waals surface area contributed by atoms with Gasteiger partial charge in [-0.3, -0.25) is 9.59 Å². The normalized spacial score (nSPS) is 9.90. The van der Waals surface area contributed by atoms with Gasteiger partial charge >= 0.3 is 0 Å². The van der Waals surface area contributed by atoms with Crippen LogP contribution in [-0.2, 0) is 20.8 Å². The van der Waals surface area contributed by atoms with Crippen molar-refractivity contribution in [2.45, 2.75) is 33.1 Å². The van der Waals surface area contributed by atoms with Gasteiger partial charge < -0.3 is 15.4 Å². The first kappa shape index (κ1) is 15.9. The monoisotopic (exact) mass is 276 g/mol. The second kappa shape index (κ2) is 8.09. The molecule has 0 aliphatic rings. The lowest BCUT2D eigenvalue weighted by atomic mass is 10.1. The molecule has 0 bridgehead atoms. The third-order valence-electron chi connectivity index (χ3n) is 2.67. The van der Waals surface area contributed by atoms with Crippen LogP contribution in [0.1, 0.15) is 32.3 Å². The summed E-state index contributed by atoms with van der Waals surface area (Å²) < 4.78 is 0. The lowest BCUT2D eigenvalue weighted by molar-refractivity contribution is -0.121. The summed E-state index contributed by atoms with van der Waals surface area (Å²) in [7, 11) is 0. The molecule has 0 fully saturated rings. The van der Waals surface area contributed by atoms with Gasteiger partial charge in [-0.05, 0) is 31.0 Å². The lowest BCUT2D eigenvalue weighted by Gasteiger charge is -2.06. The fourth-order valence-electron chi connectivity index (χ4n) is 1.72. The SMILES string of the molecule is CC(=O)CCCNC(=O)Cc1ccc(NC(C)=O)cc1. The van der Waals surface area contributed by atoms with E-state index in [-0.39, 0.29) is 17.6 Å². The first-order chi connectivity index (χ1) is 9.47. The van der Waals surface area contributed by atoms with Crippen molar-refractivity contribution in [3.8, 4) is 0 Å². The van der Waals surface area contributed by atoms with Gasteiger partial charge in [0.05, 0.1) is 6.42 Å². The highest BCUT2D eigenvalue weighted by molar-refractivity contribution is 5.88. The Morgan fingerprint density at radius 2 is 1.70 bits per heavy atom. The van der Waals surface area contributed by atoms with Crippen LogP contribution >= 0.6 is 0 Å². The van der Waals surface area contributed by atoms with E-state index < -0.39 is 0 Å². The third kappa shape index (κ3) is 6.68. The fourth-order valence-corrected chi connectivity index (χ4v) is 1.72. The van der Waals surface area contributed by atoms with Gasteiger partial charge in [0.1, 0.15) is 5.78 Å². The van der Waals surface area contributed by atoms with Crippen LogP contribution in [0, 0.1) is 0 Å². The van der Waals surface area contributed by atoms with Gasteiger partial charge in [-0.15, -0.1) is 0 Å². The predicted molar refractivity (Wildman–Crippen MR) is 77.4 cm³/mol. The van der Waals surface area contributed by atoms with Crippen molar-refractivity contribution < 1.29 is 14.4 Å². The van der Waals surface area contributed by atoms with Crippen LogP contribution in [0.25, 0.3) is 0 Å². The standard InChI is InChI=1S/C15H20N2O3/c1-11(18)4-3-9-16-15(20)10-13-5-7-14(8-6-13)17-12(2)19/h5-8H,3-4,9-10H2,1-2H3,(H,16,20)(H,17,19). The zero-order valence-electron chi connectivity index (χ0n) is 11.9. The number of carbonyl (C=O) groups excluding carboxylic acids is 3. The van der Waals surface area contributed by atoms with Gasteiger partial charge in [0.2, 0.25) is 11.8 Å². The highest BCUT2D eigenvalue weighted by Gasteiger charge is 2.03. The second-order valence-electron chi connectivity index (χ2n) is 4.71. The Kier molecular flexibility index (Phi) is 6.43. The summed E-state index contributed by atoms with van der Waals surface area (Å²) in [6.07, 6.45) is 1.45. The largest absolute Gasteiger partial charge is 0.356 e. The first-order valence-corrected chi connectivity index (χ1v) is 6.60. The van der Waals surface area contributed by atoms with Gasteiger partial charge in [0.15, 0.2) is 0 Å². The van der Waals surface area contributed by atoms with Crippen molar-refractivity contribution in [1.29, 1.82) is 0 Å². The molecule has 1 rings (SSSR count). The van der Waals surface area contributed by atoms with Crippen molar-refractivity contribution in [1.82, 2.24) is 5.32 Å². The van der Waals surface area contributed by atoms with E-state index in [0.29, 0.717) is 31.5 Å². The van der Waals surface area contributed by atoms with Crippen LogP contribution < -0.4 is 10.6 Å². The number of rotatable bonds is 7. The number of ketones is 1. The maximum atomic E-state index is 11.7. The third-order valence-corrected chi connectivity index (χ3v) is 2.67. The molecule has 1 aromatic carbocycles. The summed E-state index contributed by atoms with van der Waals surface area (Å²) in [5.74, 6) is -0.0606. The molecule has 0 radical (unpaired) electrons. The average molecular weight is 276 g/mol. The molecule has 0 aliphatic carbocycles. The number of Topliss-reactive ketones (excluding diaryl/α,β-unsaturated/α-hetero) is 1. The molecule has 108 valence electrons. The molecule has 0 heterocycles. The fraction of sp³-hybridized carbons (Fsp3) is 0.400. The highest BCUT2D eigenvalue weighted by atomic mass is 16.2. The maximum Gasteiger partial charge on any atom is 0.224 e. The van der Waals surface area contributed by atoms with E-state index in [4.69, 9.17) is 0 Å². The summed E-state index contributed by atoms with van der Waals surface area (Å²) in [6, 6.07) is 7.14. The topological polar surface area (TPSA) is 75.3 Å². The zero-order chi connectivity index (χ0) is 15.0. The molecular formula is C15H20N2O3. The Hall–Kier alpha value is -2.17. The van der Waals surface area contributed by atoms with E-state index in [2.05, 4.69) is 10.6 Å². The molecule has 20 heavy (non-hydrogen) atoms. The molecule has 0 atom stereocenters. The smallest absolute Gasteiger partial charge is 0.224 e. The minimum absolute atomic E-state index is 0.0687. The summed E-state index contributed by atoms with van der Waals surface area (Å²) in [5.41, 5.74) is 1.59. The van der Waals surface area contributed by atoms with Crippen LogP contribution in [0.3, 0.4) is 0 Å². The molecule has 5 nitrogen and oxygen atoms in total. The highest BCUT2D eigenvalue weighted by Crippen LogP contribution is 2.09. The molecule has 0 saturated carbocycles. The Labute approximate surface area is 118 Å². The van der Waals surface area contributed by atoms with Crippen LogP contribution in [-0.4, -0.2) is 24.1 Å². The number of nitrogens with one attached hydrogen (secondary N) is 2. The Bertz CT molecular complexity index is 480. The molecule has 0 aromatic heterocycles. The van der Waals surface area contributed by atoms with Crippen molar-refractivity contribution in [2.75, 3.05) is 11.9 Å². The number of amides is 2. The van der Waals surface area contributed by atoms with E-state index in [1.165, 1.54) is 6.92 Å². The molecule has 0 saturated heterocycles. The number of benzene rings is 1. The van der Waals surface area contributed by atoms with E-state index in [9.17, 15) is 14.4 Å². The first-order valence-electron chi connectivity index (χ1n) is 6.60. The average Bonchev–Trinajstić information content (AvgIpc) is 2.36. The molecule has 0 aliphatic heterocycles. The number of hydrogen-bond donors (Lipinski definition) is 2. The summed E-state index contributed by atoms with van der Waals surface area (Å²) in [4.78, 5) is 33.3. The van der Waals surface area contributed by atoms with Gasteiger partial charge in [-0.25, -0.2) is 0 Å². The second-order valence-corrected chi connectivity index (χ2v) is 4.71. The summed E-state index contributed by atoms with van der Waals surface area (Å²) >= 11 is 0. The lowest BCUT2D eigenvalue weighted by Crippen LogP contribution is -2.26. The van der Waals surface area contributed by atoms with E-state index in [1.54, 1.807) is 31.2 Å². The van der Waals surface area contributed by atoms with Crippen LogP contribution in [0.4, 0.5) is 5.69 Å². The quantitative estimate of drug-likeness (QED) is 0.744. The van der Waals surface area contributed by atoms with Gasteiger partial charge in [0, 0.05) is 25.6 Å². The van der Waals surface area contributed by atoms with E-state index >= 15 is 0 Å². The minimum atomic E-state index is -0.124. The Balaban J connectivity index is 2.34. The molecular weight excluding hydrogens is 256 g/mol. The molecule has 2 N–H and O–H groups in total. The Morgan fingerprint density at radius 1 is 1.05 bits per heavy atom. The van der Waals surface area contributed by atoms with Gasteiger partial charge in [-0.2, -0.15) is 0 Å². The molecule has 1 aromatic rings. The van der Waals surface area contributed by atoms with Crippen molar-refractivity contribution in [3.05, 3.63) is 29.8 Å². The Morgan fingerprint density at radius 3 is 2.25 bits per heavy atom. The van der Waals surface area contributed by atoms with Crippen molar-refractivity contribution >= 4 is 23.3 Å². The molecule has 2 amide bonds. The van der Waals surface area contributed by atoms with Gasteiger partial charge in [-0.1, -0.05) is 12.1 Å². The van der Waals surface area contributed by atoms with E-state index in [1.807, 2.05) is 0 Å². The molecule has 5 heteroatoms. The zero-order valence-corrected chi connectivity index (χ0v) is 11.9. The van der Waals surface area contributed by atoms with E-state index in [0.717, 1.165) is 5.56 Å². The van der Waals surface area contributed by atoms with Crippen molar-refractivity contribution in [3.63, 3.8) is 0 Å². The number of hydrogen-bond acceptors (Lipinski definition) is 3. The van der Waals surface area contributed by atoms with Crippen LogP contribution in [0.15, 0.2) is 24.3 Å². The van der Waals surface area contributed by atoms with Crippen molar-refractivity contribution in [2.24, 2.45) is 0 Å². The van der Waals surface area contributed by atoms with Crippen LogP contribution in [0.5, 0.6) is 0 Å². The summed E-state index contributed by atoms with van der Waals surface area (Å²) in [6.45, 7) is 3.50. The number of carbonyl (C=O) groups is 3. The molecule has 0 unspecified atom stereocenters. The van der Waals surface area contributed by atoms with Crippen LogP contribution in [0.2, 0.25) is 0 Å².